The van der Waals surface area contributed by atoms with Crippen LogP contribution in [0.5, 0.6) is 0 Å². The molecular weight excluding hydrogens is 131 g/mol. The summed E-state index contributed by atoms with van der Waals surface area (Å²) in [5, 5.41) is 3.43. The second-order valence-corrected chi connectivity index (χ2v) is 1.81. The Hall–Kier alpha value is -0.141. The molecule has 2 nitrogen and oxygen atoms in total. The summed E-state index contributed by atoms with van der Waals surface area (Å²) in [4.78, 5) is 1.84. The van der Waals surface area contributed by atoms with Gasteiger partial charge in [-0.15, -0.1) is 0 Å². The Morgan fingerprint density at radius 2 is 2.80 bits per heavy atom. The van der Waals surface area contributed by atoms with Gasteiger partial charge in [0.05, 0.1) is 0 Å². The van der Waals surface area contributed by atoms with Crippen molar-refractivity contribution in [2.24, 2.45) is 0 Å². The molecule has 0 fully saturated rings. The molecule has 0 aliphatic rings. The first kappa shape index (κ1) is 3.07. The summed E-state index contributed by atoms with van der Waals surface area (Å²) in [5.74, 6) is 0. The first-order valence-corrected chi connectivity index (χ1v) is 2.89. The monoisotopic (exact) mass is 133 g/mol. The fourth-order valence-electron chi connectivity index (χ4n) is 0.118. The van der Waals surface area contributed by atoms with Crippen LogP contribution in [-0.4, -0.2) is 23.9 Å². The Labute approximate surface area is 35.8 Å². The molecule has 0 aliphatic carbocycles. The van der Waals surface area contributed by atoms with Gasteiger partial charge < -0.3 is 0 Å². The molecule has 0 amide bonds. The molecule has 0 spiro atoms. The molecular formula is C2HN2Se. The zero-order valence-electron chi connectivity index (χ0n) is 2.38. The third-order valence-corrected chi connectivity index (χ3v) is 1.06. The number of rotatable bonds is 0. The zero-order valence-corrected chi connectivity index (χ0v) is 4.09. The predicted octanol–water partition coefficient (Wildman–Crippen LogP) is -0.666. The van der Waals surface area contributed by atoms with E-state index < -0.39 is 0 Å². The Kier molecular flexibility index (Phi) is 0.819. The van der Waals surface area contributed by atoms with E-state index in [4.69, 9.17) is 0 Å². The van der Waals surface area contributed by atoms with Gasteiger partial charge in [-0.3, -0.25) is 0 Å². The standard InChI is InChI=1S/C2HN2Se/c1-2-5-4-3-1/h2H. The molecule has 3 heteroatoms. The van der Waals surface area contributed by atoms with Crippen molar-refractivity contribution in [1.82, 2.24) is 9.19 Å². The molecule has 1 heterocycles. The van der Waals surface area contributed by atoms with Crippen LogP contribution in [0.1, 0.15) is 0 Å². The summed E-state index contributed by atoms with van der Waals surface area (Å²) in [6.07, 6.45) is 2.58. The van der Waals surface area contributed by atoms with E-state index in [1.165, 1.54) is 0 Å². The van der Waals surface area contributed by atoms with Gasteiger partial charge in [-0.05, 0) is 0 Å². The van der Waals surface area contributed by atoms with Crippen molar-refractivity contribution in [2.75, 3.05) is 0 Å². The van der Waals surface area contributed by atoms with Gasteiger partial charge >= 0.3 is 35.1 Å². The third-order valence-electron chi connectivity index (χ3n) is 0.251. The molecule has 0 saturated carbocycles. The van der Waals surface area contributed by atoms with E-state index in [1.54, 1.807) is 0 Å². The van der Waals surface area contributed by atoms with Crippen LogP contribution in [0.25, 0.3) is 0 Å². The number of hydrogen-bond donors (Lipinski definition) is 0. The fourth-order valence-corrected chi connectivity index (χ4v) is 0.612. The zero-order chi connectivity index (χ0) is 3.54. The van der Waals surface area contributed by atoms with E-state index in [-0.39, 0.29) is 0 Å². The van der Waals surface area contributed by atoms with Crippen LogP contribution in [0.3, 0.4) is 0 Å². The quantitative estimate of drug-likeness (QED) is 0.437. The topological polar surface area (TPSA) is 25.8 Å². The summed E-state index contributed by atoms with van der Waals surface area (Å²) < 4.78 is 3.60. The molecule has 1 aromatic heterocycles. The summed E-state index contributed by atoms with van der Waals surface area (Å²) in [6, 6.07) is 0. The van der Waals surface area contributed by atoms with Crippen molar-refractivity contribution in [2.45, 2.75) is 0 Å². The summed E-state index contributed by atoms with van der Waals surface area (Å²) >= 11 is 0.292. The number of hydrogen-bond acceptors (Lipinski definition) is 2. The maximum absolute atomic E-state index is 3.60. The first-order valence-electron chi connectivity index (χ1n) is 1.13. The molecule has 0 aromatic carbocycles. The van der Waals surface area contributed by atoms with Gasteiger partial charge in [0.1, 0.15) is 0 Å². The van der Waals surface area contributed by atoms with Gasteiger partial charge in [0, 0.05) is 0 Å². The van der Waals surface area contributed by atoms with E-state index in [2.05, 4.69) is 15.4 Å². The number of nitrogens with zero attached hydrogens (tertiary/aromatic N) is 2. The van der Waals surface area contributed by atoms with Crippen molar-refractivity contribution in [3.05, 3.63) is 11.1 Å². The molecule has 5 heavy (non-hydrogen) atoms. The van der Waals surface area contributed by atoms with Crippen LogP contribution in [-0.2, 0) is 0 Å². The molecule has 0 N–H and O–H groups in total. The van der Waals surface area contributed by atoms with Gasteiger partial charge in [0.25, 0.3) is 0 Å². The van der Waals surface area contributed by atoms with Crippen molar-refractivity contribution < 1.29 is 0 Å². The SMILES string of the molecule is [c]1c[se]nn1. The van der Waals surface area contributed by atoms with Crippen LogP contribution < -0.4 is 0 Å². The molecule has 0 saturated heterocycles. The van der Waals surface area contributed by atoms with Crippen LogP contribution in [0, 0.1) is 6.20 Å². The van der Waals surface area contributed by atoms with Crippen molar-refractivity contribution >= 4 is 14.7 Å². The summed E-state index contributed by atoms with van der Waals surface area (Å²) in [5.41, 5.74) is 0. The Morgan fingerprint density at radius 1 is 1.80 bits per heavy atom. The molecule has 1 radical (unpaired) electrons. The Balaban J connectivity index is 3.13. The first-order chi connectivity index (χ1) is 2.50. The van der Waals surface area contributed by atoms with Gasteiger partial charge in [0.2, 0.25) is 0 Å². The van der Waals surface area contributed by atoms with E-state index in [0.717, 1.165) is 0 Å². The summed E-state index contributed by atoms with van der Waals surface area (Å²) in [7, 11) is 0. The molecule has 0 bridgehead atoms. The molecule has 0 unspecified atom stereocenters. The van der Waals surface area contributed by atoms with Gasteiger partial charge in [0.15, 0.2) is 0 Å². The molecule has 0 atom stereocenters. The third kappa shape index (κ3) is 0.565. The van der Waals surface area contributed by atoms with Crippen molar-refractivity contribution in [3.8, 4) is 0 Å². The van der Waals surface area contributed by atoms with Gasteiger partial charge in [-0.2, -0.15) is 0 Å². The molecule has 1 rings (SSSR count). The van der Waals surface area contributed by atoms with Gasteiger partial charge in [-0.1, -0.05) is 0 Å². The minimum atomic E-state index is 0.292. The number of aromatic nitrogens is 2. The van der Waals surface area contributed by atoms with E-state index >= 15 is 0 Å². The molecule has 25 valence electrons. The normalized spacial score (nSPS) is 8.00. The van der Waals surface area contributed by atoms with E-state index in [0.29, 0.717) is 14.7 Å². The van der Waals surface area contributed by atoms with Crippen molar-refractivity contribution in [1.29, 1.82) is 0 Å². The van der Waals surface area contributed by atoms with Gasteiger partial charge in [-0.25, -0.2) is 0 Å². The summed E-state index contributed by atoms with van der Waals surface area (Å²) in [6.45, 7) is 0. The van der Waals surface area contributed by atoms with Crippen LogP contribution in [0.2, 0.25) is 0 Å². The molecule has 0 aliphatic heterocycles. The van der Waals surface area contributed by atoms with Crippen LogP contribution >= 0.6 is 0 Å². The van der Waals surface area contributed by atoms with Crippen molar-refractivity contribution in [3.63, 3.8) is 0 Å². The Morgan fingerprint density at radius 3 is 3.00 bits per heavy atom. The van der Waals surface area contributed by atoms with Crippen LogP contribution in [0.4, 0.5) is 0 Å². The van der Waals surface area contributed by atoms with Crippen LogP contribution in [0.15, 0.2) is 4.94 Å². The predicted molar refractivity (Wildman–Crippen MR) is 17.8 cm³/mol. The van der Waals surface area contributed by atoms with E-state index in [1.807, 2.05) is 4.94 Å². The Bertz CT molecular complexity index is 64.1. The van der Waals surface area contributed by atoms with E-state index in [9.17, 15) is 0 Å². The maximum atomic E-state index is 3.60. The second kappa shape index (κ2) is 1.34. The second-order valence-electron chi connectivity index (χ2n) is 0.534. The average molecular weight is 132 g/mol. The minimum absolute atomic E-state index is 0.292. The average Bonchev–Trinajstić information content (AvgIpc) is 1.76. The molecule has 1 aromatic rings. The fraction of sp³-hybridized carbons (Fsp3) is 0.